The molecule has 0 aliphatic carbocycles. The number of thioether (sulfide) groups is 1. The summed E-state index contributed by atoms with van der Waals surface area (Å²) in [6.07, 6.45) is 0. The van der Waals surface area contributed by atoms with Crippen LogP contribution in [0.2, 0.25) is 0 Å². The summed E-state index contributed by atoms with van der Waals surface area (Å²) >= 11 is 3.36. The van der Waals surface area contributed by atoms with Crippen molar-refractivity contribution in [2.24, 2.45) is 0 Å². The highest BCUT2D eigenvalue weighted by Crippen LogP contribution is 2.40. The van der Waals surface area contributed by atoms with Crippen LogP contribution in [0, 0.1) is 5.82 Å². The van der Waals surface area contributed by atoms with Crippen LogP contribution < -0.4 is 0 Å². The number of hydrogen-bond acceptors (Lipinski definition) is 3. The Balaban J connectivity index is 1.89. The van der Waals surface area contributed by atoms with Crippen molar-refractivity contribution in [1.29, 1.82) is 0 Å². The van der Waals surface area contributed by atoms with Crippen LogP contribution in [0.5, 0.6) is 0 Å². The van der Waals surface area contributed by atoms with Crippen LogP contribution >= 0.6 is 23.1 Å². The van der Waals surface area contributed by atoms with Gasteiger partial charge in [-0.05, 0) is 23.6 Å². The molecular weight excluding hydrogens is 281 g/mol. The van der Waals surface area contributed by atoms with E-state index in [0.29, 0.717) is 6.54 Å². The molecule has 1 saturated heterocycles. The number of amides is 1. The largest absolute Gasteiger partial charge is 0.321 e. The predicted octanol–water partition coefficient (Wildman–Crippen LogP) is 3.78. The molecule has 0 saturated carbocycles. The van der Waals surface area contributed by atoms with Crippen LogP contribution in [-0.2, 0) is 0 Å². The lowest BCUT2D eigenvalue weighted by Crippen LogP contribution is -2.30. The van der Waals surface area contributed by atoms with E-state index in [2.05, 4.69) is 0 Å². The van der Waals surface area contributed by atoms with Crippen molar-refractivity contribution in [2.75, 3.05) is 12.3 Å². The highest BCUT2D eigenvalue weighted by atomic mass is 32.2. The lowest BCUT2D eigenvalue weighted by atomic mass is 10.2. The molecule has 98 valence electrons. The highest BCUT2D eigenvalue weighted by Gasteiger charge is 2.32. The summed E-state index contributed by atoms with van der Waals surface area (Å²) in [5.41, 5.74) is 0.159. The van der Waals surface area contributed by atoms with E-state index < -0.39 is 5.82 Å². The minimum atomic E-state index is -0.450. The van der Waals surface area contributed by atoms with Gasteiger partial charge >= 0.3 is 0 Å². The molecule has 0 bridgehead atoms. The Bertz CT molecular complexity index is 585. The van der Waals surface area contributed by atoms with Crippen molar-refractivity contribution in [2.45, 2.75) is 5.37 Å². The Hall–Kier alpha value is -1.33. The van der Waals surface area contributed by atoms with Crippen molar-refractivity contribution < 1.29 is 9.18 Å². The van der Waals surface area contributed by atoms with Gasteiger partial charge in [-0.15, -0.1) is 23.1 Å². The Morgan fingerprint density at radius 2 is 2.11 bits per heavy atom. The molecule has 2 nitrogen and oxygen atoms in total. The van der Waals surface area contributed by atoms with Crippen molar-refractivity contribution in [1.82, 2.24) is 4.90 Å². The van der Waals surface area contributed by atoms with Gasteiger partial charge in [-0.2, -0.15) is 0 Å². The molecule has 1 aromatic carbocycles. The van der Waals surface area contributed by atoms with Gasteiger partial charge in [-0.1, -0.05) is 18.2 Å². The fourth-order valence-corrected chi connectivity index (χ4v) is 4.37. The first kappa shape index (κ1) is 12.7. The molecule has 0 radical (unpaired) electrons. The van der Waals surface area contributed by atoms with E-state index in [-0.39, 0.29) is 16.8 Å². The summed E-state index contributed by atoms with van der Waals surface area (Å²) in [5.74, 6) is 0.221. The second-order valence-corrected chi connectivity index (χ2v) is 6.38. The second-order valence-electron chi connectivity index (χ2n) is 4.22. The zero-order chi connectivity index (χ0) is 13.2. The molecule has 3 rings (SSSR count). The number of thiophene rings is 1. The zero-order valence-electron chi connectivity index (χ0n) is 10.1. The van der Waals surface area contributed by atoms with Gasteiger partial charge in [0.1, 0.15) is 11.2 Å². The van der Waals surface area contributed by atoms with E-state index >= 15 is 0 Å². The molecule has 1 aliphatic rings. The smallest absolute Gasteiger partial charge is 0.258 e. The lowest BCUT2D eigenvalue weighted by molar-refractivity contribution is 0.0757. The van der Waals surface area contributed by atoms with Gasteiger partial charge in [-0.3, -0.25) is 4.79 Å². The van der Waals surface area contributed by atoms with Crippen molar-refractivity contribution in [3.05, 3.63) is 58.0 Å². The van der Waals surface area contributed by atoms with Gasteiger partial charge in [0.2, 0.25) is 0 Å². The molecule has 0 unspecified atom stereocenters. The molecule has 1 atom stereocenters. The molecule has 5 heteroatoms. The predicted molar refractivity (Wildman–Crippen MR) is 77.0 cm³/mol. The first-order valence-corrected chi connectivity index (χ1v) is 7.91. The zero-order valence-corrected chi connectivity index (χ0v) is 11.7. The van der Waals surface area contributed by atoms with Crippen LogP contribution in [0.25, 0.3) is 0 Å². The van der Waals surface area contributed by atoms with Gasteiger partial charge in [0.25, 0.3) is 5.91 Å². The summed E-state index contributed by atoms with van der Waals surface area (Å²) in [7, 11) is 0. The standard InChI is InChI=1S/C14H12FNOS2/c15-11-5-2-1-4-10(11)13(17)16-7-9-19-14(16)12-6-3-8-18-12/h1-6,8,14H,7,9H2/t14-/m0/s1. The maximum atomic E-state index is 13.7. The number of carbonyl (C=O) groups is 1. The molecule has 1 aromatic heterocycles. The van der Waals surface area contributed by atoms with Crippen molar-refractivity contribution >= 4 is 29.0 Å². The fourth-order valence-electron chi connectivity index (χ4n) is 2.13. The number of nitrogens with zero attached hydrogens (tertiary/aromatic N) is 1. The first-order chi connectivity index (χ1) is 9.27. The minimum Gasteiger partial charge on any atom is -0.321 e. The van der Waals surface area contributed by atoms with E-state index in [1.807, 2.05) is 17.5 Å². The van der Waals surface area contributed by atoms with E-state index in [1.54, 1.807) is 46.2 Å². The summed E-state index contributed by atoms with van der Waals surface area (Å²) in [6, 6.07) is 10.2. The third kappa shape index (κ3) is 2.40. The number of carbonyl (C=O) groups excluding carboxylic acids is 1. The molecular formula is C14H12FNOS2. The monoisotopic (exact) mass is 293 g/mol. The van der Waals surface area contributed by atoms with Gasteiger partial charge in [0.05, 0.1) is 5.56 Å². The average Bonchev–Trinajstić information content (AvgIpc) is 3.09. The SMILES string of the molecule is O=C(c1ccccc1F)N1CCS[C@H]1c1cccs1. The lowest BCUT2D eigenvalue weighted by Gasteiger charge is -2.23. The highest BCUT2D eigenvalue weighted by molar-refractivity contribution is 7.99. The number of halogens is 1. The topological polar surface area (TPSA) is 20.3 Å². The maximum Gasteiger partial charge on any atom is 0.258 e. The second kappa shape index (κ2) is 5.35. The fraction of sp³-hybridized carbons (Fsp3) is 0.214. The number of benzene rings is 1. The van der Waals surface area contributed by atoms with Crippen molar-refractivity contribution in [3.63, 3.8) is 0 Å². The van der Waals surface area contributed by atoms with Gasteiger partial charge < -0.3 is 4.90 Å². The summed E-state index contributed by atoms with van der Waals surface area (Å²) in [4.78, 5) is 15.4. The normalized spacial score (nSPS) is 18.8. The quantitative estimate of drug-likeness (QED) is 0.840. The molecule has 0 N–H and O–H groups in total. The number of hydrogen-bond donors (Lipinski definition) is 0. The van der Waals surface area contributed by atoms with Gasteiger partial charge in [-0.25, -0.2) is 4.39 Å². The third-order valence-electron chi connectivity index (χ3n) is 3.04. The van der Waals surface area contributed by atoms with E-state index in [0.717, 1.165) is 10.6 Å². The van der Waals surface area contributed by atoms with Crippen LogP contribution in [-0.4, -0.2) is 23.1 Å². The third-order valence-corrected chi connectivity index (χ3v) is 5.36. The van der Waals surface area contributed by atoms with Gasteiger partial charge in [0, 0.05) is 17.2 Å². The van der Waals surface area contributed by atoms with E-state index in [9.17, 15) is 9.18 Å². The van der Waals surface area contributed by atoms with Gasteiger partial charge in [0.15, 0.2) is 0 Å². The number of rotatable bonds is 2. The molecule has 0 spiro atoms. The summed E-state index contributed by atoms with van der Waals surface area (Å²) in [6.45, 7) is 0.667. The van der Waals surface area contributed by atoms with Crippen LogP contribution in [0.4, 0.5) is 4.39 Å². The van der Waals surface area contributed by atoms with Crippen LogP contribution in [0.1, 0.15) is 20.6 Å². The molecule has 19 heavy (non-hydrogen) atoms. The molecule has 2 aromatic rings. The summed E-state index contributed by atoms with van der Waals surface area (Å²) in [5, 5.41) is 2.02. The Labute approximate surface area is 119 Å². The molecule has 1 fully saturated rings. The van der Waals surface area contributed by atoms with Crippen molar-refractivity contribution in [3.8, 4) is 0 Å². The molecule has 1 aliphatic heterocycles. The summed E-state index contributed by atoms with van der Waals surface area (Å²) < 4.78 is 13.7. The molecule has 1 amide bonds. The minimum absolute atomic E-state index is 0.0205. The maximum absolute atomic E-state index is 13.7. The molecule has 2 heterocycles. The average molecular weight is 293 g/mol. The Morgan fingerprint density at radius 3 is 2.84 bits per heavy atom. The first-order valence-electron chi connectivity index (χ1n) is 5.98. The van der Waals surface area contributed by atoms with Crippen LogP contribution in [0.15, 0.2) is 41.8 Å². The van der Waals surface area contributed by atoms with E-state index in [4.69, 9.17) is 0 Å². The Kier molecular flexibility index (Phi) is 3.57. The Morgan fingerprint density at radius 1 is 1.26 bits per heavy atom. The van der Waals surface area contributed by atoms with Crippen LogP contribution in [0.3, 0.4) is 0 Å². The van der Waals surface area contributed by atoms with E-state index in [1.165, 1.54) is 6.07 Å².